The molecule has 1 amide bonds. The summed E-state index contributed by atoms with van der Waals surface area (Å²) in [4.78, 5) is 17.4. The zero-order valence-corrected chi connectivity index (χ0v) is 9.57. The van der Waals surface area contributed by atoms with Crippen LogP contribution in [0.25, 0.3) is 0 Å². The molecule has 0 fully saturated rings. The zero-order chi connectivity index (χ0) is 12.1. The Balaban J connectivity index is 1.91. The van der Waals surface area contributed by atoms with Gasteiger partial charge in [-0.05, 0) is 22.4 Å². The summed E-state index contributed by atoms with van der Waals surface area (Å²) in [6.07, 6.45) is 1.36. The van der Waals surface area contributed by atoms with E-state index in [4.69, 9.17) is 5.73 Å². The van der Waals surface area contributed by atoms with E-state index in [9.17, 15) is 4.79 Å². The fourth-order valence-corrected chi connectivity index (χ4v) is 1.81. The van der Waals surface area contributed by atoms with Crippen LogP contribution in [-0.4, -0.2) is 15.9 Å². The summed E-state index contributed by atoms with van der Waals surface area (Å²) in [6, 6.07) is 1.97. The minimum Gasteiger partial charge on any atom is -0.364 e. The monoisotopic (exact) mass is 250 g/mol. The highest BCUT2D eigenvalue weighted by Crippen LogP contribution is 2.09. The number of primary amides is 1. The van der Waals surface area contributed by atoms with Crippen molar-refractivity contribution in [1.29, 1.82) is 0 Å². The van der Waals surface area contributed by atoms with Gasteiger partial charge in [0.25, 0.3) is 5.91 Å². The highest BCUT2D eigenvalue weighted by molar-refractivity contribution is 7.07. The fourth-order valence-electron chi connectivity index (χ4n) is 1.15. The summed E-state index contributed by atoms with van der Waals surface area (Å²) in [7, 11) is 0. The molecule has 7 nitrogen and oxygen atoms in total. The maximum Gasteiger partial charge on any atom is 0.269 e. The molecule has 0 spiro atoms. The molecule has 0 aliphatic carbocycles. The van der Waals surface area contributed by atoms with Crippen molar-refractivity contribution in [1.82, 2.24) is 9.97 Å². The molecule has 4 N–H and O–H groups in total. The quantitative estimate of drug-likeness (QED) is 0.553. The lowest BCUT2D eigenvalue weighted by Crippen LogP contribution is -2.13. The van der Waals surface area contributed by atoms with Crippen molar-refractivity contribution in [3.8, 4) is 0 Å². The Kier molecular flexibility index (Phi) is 3.46. The number of rotatable bonds is 5. The van der Waals surface area contributed by atoms with Gasteiger partial charge in [-0.25, -0.2) is 10.4 Å². The summed E-state index contributed by atoms with van der Waals surface area (Å²) in [5.41, 5.74) is 8.94. The van der Waals surface area contributed by atoms with Crippen LogP contribution >= 0.6 is 11.3 Å². The van der Waals surface area contributed by atoms with E-state index in [0.717, 1.165) is 5.56 Å². The van der Waals surface area contributed by atoms with E-state index in [1.165, 1.54) is 6.33 Å². The predicted octanol–water partition coefficient (Wildman–Crippen LogP) is 1.55. The first-order valence-electron chi connectivity index (χ1n) is 4.74. The molecule has 2 aromatic heterocycles. The Morgan fingerprint density at radius 1 is 1.65 bits per heavy atom. The number of aromatic nitrogens is 2. The molecule has 0 bridgehead atoms. The van der Waals surface area contributed by atoms with Crippen LogP contribution in [0, 0.1) is 0 Å². The van der Waals surface area contributed by atoms with E-state index in [1.807, 2.05) is 16.8 Å². The largest absolute Gasteiger partial charge is 0.364 e. The molecule has 0 aliphatic rings. The molecular weight excluding hydrogens is 240 g/mol. The van der Waals surface area contributed by atoms with Crippen molar-refractivity contribution in [2.75, 3.05) is 5.43 Å². The highest BCUT2D eigenvalue weighted by atomic mass is 32.1. The number of H-pyrrole nitrogens is 1. The number of carbonyl (C=O) groups is 1. The van der Waals surface area contributed by atoms with Crippen LogP contribution in [0.5, 0.6) is 0 Å². The van der Waals surface area contributed by atoms with Gasteiger partial charge >= 0.3 is 0 Å². The molecule has 0 saturated carbocycles. The molecule has 88 valence electrons. The molecule has 2 rings (SSSR count). The number of hydrogen-bond donors (Lipinski definition) is 3. The van der Waals surface area contributed by atoms with E-state index in [0.29, 0.717) is 6.54 Å². The van der Waals surface area contributed by atoms with Gasteiger partial charge in [-0.1, -0.05) is 5.22 Å². The molecule has 8 heteroatoms. The van der Waals surface area contributed by atoms with Gasteiger partial charge in [0.05, 0.1) is 12.9 Å². The maximum absolute atomic E-state index is 10.9. The average Bonchev–Trinajstić information content (AvgIpc) is 2.95. The fraction of sp³-hybridized carbons (Fsp3) is 0.111. The van der Waals surface area contributed by atoms with E-state index in [-0.39, 0.29) is 11.5 Å². The smallest absolute Gasteiger partial charge is 0.269 e. The van der Waals surface area contributed by atoms with Crippen LogP contribution in [0.2, 0.25) is 0 Å². The first kappa shape index (κ1) is 11.3. The lowest BCUT2D eigenvalue weighted by Gasteiger charge is -1.95. The molecule has 0 aliphatic heterocycles. The number of carbonyl (C=O) groups excluding carboxylic acids is 1. The lowest BCUT2D eigenvalue weighted by atomic mass is 10.4. The van der Waals surface area contributed by atoms with Crippen molar-refractivity contribution < 1.29 is 4.79 Å². The summed E-state index contributed by atoms with van der Waals surface area (Å²) < 4.78 is 0. The number of nitrogens with zero attached hydrogens (tertiary/aromatic N) is 3. The Hall–Kier alpha value is -2.22. The van der Waals surface area contributed by atoms with Gasteiger partial charge in [-0.15, -0.1) is 0 Å². The summed E-state index contributed by atoms with van der Waals surface area (Å²) in [6.45, 7) is 0.479. The Bertz CT molecular complexity index is 517. The number of amides is 1. The second-order valence-corrected chi connectivity index (χ2v) is 3.91. The van der Waals surface area contributed by atoms with Gasteiger partial charge in [-0.3, -0.25) is 4.79 Å². The third kappa shape index (κ3) is 2.88. The molecule has 0 radical (unpaired) electrons. The number of aromatic amines is 1. The third-order valence-electron chi connectivity index (χ3n) is 1.95. The first-order chi connectivity index (χ1) is 8.27. The van der Waals surface area contributed by atoms with Gasteiger partial charge in [0.15, 0.2) is 5.82 Å². The van der Waals surface area contributed by atoms with E-state index >= 15 is 0 Å². The molecule has 0 aromatic carbocycles. The van der Waals surface area contributed by atoms with Crippen LogP contribution < -0.4 is 11.2 Å². The minimum atomic E-state index is -0.599. The number of nitrogens with two attached hydrogens (primary N) is 1. The summed E-state index contributed by atoms with van der Waals surface area (Å²) >= 11 is 1.60. The van der Waals surface area contributed by atoms with Gasteiger partial charge in [0.2, 0.25) is 0 Å². The second kappa shape index (κ2) is 5.21. The van der Waals surface area contributed by atoms with Gasteiger partial charge in [0, 0.05) is 0 Å². The SMILES string of the molecule is NC(=O)c1[nH]cnc1NN=NCc1ccsc1. The van der Waals surface area contributed by atoms with E-state index in [1.54, 1.807) is 11.3 Å². The molecule has 17 heavy (non-hydrogen) atoms. The second-order valence-electron chi connectivity index (χ2n) is 3.13. The Morgan fingerprint density at radius 3 is 3.24 bits per heavy atom. The Labute approximate surface area is 101 Å². The van der Waals surface area contributed by atoms with Crippen LogP contribution in [0.1, 0.15) is 16.1 Å². The maximum atomic E-state index is 10.9. The van der Waals surface area contributed by atoms with Crippen molar-refractivity contribution in [3.05, 3.63) is 34.4 Å². The number of anilines is 1. The Morgan fingerprint density at radius 2 is 2.53 bits per heavy atom. The van der Waals surface area contributed by atoms with Crippen molar-refractivity contribution >= 4 is 23.1 Å². The van der Waals surface area contributed by atoms with Crippen molar-refractivity contribution in [2.24, 2.45) is 16.1 Å². The standard InChI is InChI=1S/C9H10N6OS/c10-8(16)7-9(12-5-11-7)14-15-13-3-6-1-2-17-4-6/h1-2,4-5H,3H2,(H2,10,16)(H,11,12)(H,13,14). The van der Waals surface area contributed by atoms with Crippen LogP contribution in [0.4, 0.5) is 5.82 Å². The molecule has 0 saturated heterocycles. The van der Waals surface area contributed by atoms with Crippen molar-refractivity contribution in [3.63, 3.8) is 0 Å². The number of imidazole rings is 1. The molecule has 2 aromatic rings. The normalized spacial score (nSPS) is 10.8. The predicted molar refractivity (Wildman–Crippen MR) is 63.6 cm³/mol. The number of nitrogens with one attached hydrogen (secondary N) is 2. The minimum absolute atomic E-state index is 0.180. The third-order valence-corrected chi connectivity index (χ3v) is 2.68. The molecular formula is C9H10N6OS. The van der Waals surface area contributed by atoms with Gasteiger partial charge in [-0.2, -0.15) is 16.5 Å². The first-order valence-corrected chi connectivity index (χ1v) is 5.68. The molecule has 2 heterocycles. The van der Waals surface area contributed by atoms with Gasteiger partial charge < -0.3 is 10.7 Å². The lowest BCUT2D eigenvalue weighted by molar-refractivity contribution is 0.0997. The summed E-state index contributed by atoms with van der Waals surface area (Å²) in [5.74, 6) is -0.329. The highest BCUT2D eigenvalue weighted by Gasteiger charge is 2.09. The number of thiophene rings is 1. The van der Waals surface area contributed by atoms with E-state index < -0.39 is 5.91 Å². The van der Waals surface area contributed by atoms with Crippen LogP contribution in [-0.2, 0) is 6.54 Å². The zero-order valence-electron chi connectivity index (χ0n) is 8.75. The van der Waals surface area contributed by atoms with Crippen molar-refractivity contribution in [2.45, 2.75) is 6.54 Å². The van der Waals surface area contributed by atoms with E-state index in [2.05, 4.69) is 25.7 Å². The average molecular weight is 250 g/mol. The molecule has 0 atom stereocenters. The molecule has 0 unspecified atom stereocenters. The number of hydrogen-bond acceptors (Lipinski definition) is 5. The topological polar surface area (TPSA) is 109 Å². The van der Waals surface area contributed by atoms with Crippen LogP contribution in [0.15, 0.2) is 33.5 Å². The van der Waals surface area contributed by atoms with Crippen LogP contribution in [0.3, 0.4) is 0 Å². The van der Waals surface area contributed by atoms with Gasteiger partial charge in [0.1, 0.15) is 5.69 Å². The summed E-state index contributed by atoms with van der Waals surface area (Å²) in [5, 5.41) is 11.6.